The van der Waals surface area contributed by atoms with Crippen LogP contribution in [0.1, 0.15) is 13.3 Å². The first-order chi connectivity index (χ1) is 5.83. The third-order valence-electron chi connectivity index (χ3n) is 1.88. The van der Waals surface area contributed by atoms with Crippen LogP contribution >= 0.6 is 0 Å². The minimum atomic E-state index is -0.0762. The highest BCUT2D eigenvalue weighted by atomic mass is 16.7. The summed E-state index contributed by atoms with van der Waals surface area (Å²) in [4.78, 5) is 0. The van der Waals surface area contributed by atoms with Crippen LogP contribution in [-0.2, 0) is 9.47 Å². The molecule has 4 nitrogen and oxygen atoms in total. The SMILES string of the molecule is C[C@@H](CN)NCC1OCCCO1. The Kier molecular flexibility index (Phi) is 4.53. The minimum Gasteiger partial charge on any atom is -0.351 e. The third-order valence-corrected chi connectivity index (χ3v) is 1.88. The van der Waals surface area contributed by atoms with Gasteiger partial charge in [0.2, 0.25) is 0 Å². The zero-order valence-corrected chi connectivity index (χ0v) is 7.58. The fourth-order valence-corrected chi connectivity index (χ4v) is 1.04. The maximum atomic E-state index is 5.44. The van der Waals surface area contributed by atoms with Crippen molar-refractivity contribution in [3.05, 3.63) is 0 Å². The molecule has 0 bridgehead atoms. The van der Waals surface area contributed by atoms with Gasteiger partial charge in [-0.15, -0.1) is 0 Å². The van der Waals surface area contributed by atoms with E-state index in [1.807, 2.05) is 6.92 Å². The molecule has 0 amide bonds. The molecule has 1 rings (SSSR count). The van der Waals surface area contributed by atoms with E-state index in [0.29, 0.717) is 12.6 Å². The van der Waals surface area contributed by atoms with Crippen LogP contribution in [-0.4, -0.2) is 38.6 Å². The summed E-state index contributed by atoms with van der Waals surface area (Å²) < 4.78 is 10.7. The molecule has 1 atom stereocenters. The second-order valence-corrected chi connectivity index (χ2v) is 3.07. The molecule has 0 radical (unpaired) electrons. The lowest BCUT2D eigenvalue weighted by Crippen LogP contribution is -2.41. The van der Waals surface area contributed by atoms with E-state index in [9.17, 15) is 0 Å². The molecule has 0 spiro atoms. The first-order valence-electron chi connectivity index (χ1n) is 4.49. The number of hydrogen-bond donors (Lipinski definition) is 2. The molecule has 4 heteroatoms. The summed E-state index contributed by atoms with van der Waals surface area (Å²) in [6.07, 6.45) is 0.927. The summed E-state index contributed by atoms with van der Waals surface area (Å²) in [7, 11) is 0. The van der Waals surface area contributed by atoms with Crippen LogP contribution < -0.4 is 11.1 Å². The zero-order chi connectivity index (χ0) is 8.81. The van der Waals surface area contributed by atoms with Gasteiger partial charge in [0.05, 0.1) is 13.2 Å². The summed E-state index contributed by atoms with van der Waals surface area (Å²) in [5, 5.41) is 3.23. The molecule has 1 aliphatic rings. The van der Waals surface area contributed by atoms with E-state index < -0.39 is 0 Å². The topological polar surface area (TPSA) is 56.5 Å². The van der Waals surface area contributed by atoms with Gasteiger partial charge in [-0.25, -0.2) is 0 Å². The third kappa shape index (κ3) is 3.49. The van der Waals surface area contributed by atoms with Gasteiger partial charge in [0.1, 0.15) is 0 Å². The smallest absolute Gasteiger partial charge is 0.169 e. The Morgan fingerprint density at radius 2 is 2.17 bits per heavy atom. The molecule has 72 valence electrons. The van der Waals surface area contributed by atoms with Gasteiger partial charge in [0.15, 0.2) is 6.29 Å². The normalized spacial score (nSPS) is 22.5. The predicted octanol–water partition coefficient (Wildman–Crippen LogP) is -0.314. The maximum Gasteiger partial charge on any atom is 0.169 e. The Balaban J connectivity index is 2.05. The lowest BCUT2D eigenvalue weighted by atomic mass is 10.3. The molecule has 1 aliphatic heterocycles. The Hall–Kier alpha value is -0.160. The molecular weight excluding hydrogens is 156 g/mol. The molecule has 0 aromatic heterocycles. The summed E-state index contributed by atoms with van der Waals surface area (Å²) in [6, 6.07) is 0.333. The van der Waals surface area contributed by atoms with Crippen molar-refractivity contribution >= 4 is 0 Å². The first kappa shape index (κ1) is 9.92. The van der Waals surface area contributed by atoms with Gasteiger partial charge < -0.3 is 20.5 Å². The van der Waals surface area contributed by atoms with Crippen molar-refractivity contribution in [1.82, 2.24) is 5.32 Å². The maximum absolute atomic E-state index is 5.44. The molecule has 0 aliphatic carbocycles. The van der Waals surface area contributed by atoms with Gasteiger partial charge in [0.25, 0.3) is 0 Å². The van der Waals surface area contributed by atoms with Crippen LogP contribution in [0.25, 0.3) is 0 Å². The van der Waals surface area contributed by atoms with E-state index >= 15 is 0 Å². The monoisotopic (exact) mass is 174 g/mol. The molecule has 3 N–H and O–H groups in total. The molecule has 0 aromatic carbocycles. The van der Waals surface area contributed by atoms with Crippen LogP contribution in [0, 0.1) is 0 Å². The average molecular weight is 174 g/mol. The number of rotatable bonds is 4. The minimum absolute atomic E-state index is 0.0762. The van der Waals surface area contributed by atoms with Gasteiger partial charge in [-0.05, 0) is 13.3 Å². The van der Waals surface area contributed by atoms with Crippen molar-refractivity contribution in [1.29, 1.82) is 0 Å². The zero-order valence-electron chi connectivity index (χ0n) is 7.58. The van der Waals surface area contributed by atoms with Gasteiger partial charge >= 0.3 is 0 Å². The van der Waals surface area contributed by atoms with Crippen LogP contribution in [0.15, 0.2) is 0 Å². The second kappa shape index (κ2) is 5.48. The van der Waals surface area contributed by atoms with Crippen molar-refractivity contribution in [2.75, 3.05) is 26.3 Å². The van der Waals surface area contributed by atoms with E-state index in [0.717, 1.165) is 26.2 Å². The molecular formula is C8H18N2O2. The van der Waals surface area contributed by atoms with Crippen LogP contribution in [0.2, 0.25) is 0 Å². The molecule has 12 heavy (non-hydrogen) atoms. The van der Waals surface area contributed by atoms with Crippen LogP contribution in [0.5, 0.6) is 0 Å². The van der Waals surface area contributed by atoms with E-state index in [1.165, 1.54) is 0 Å². The van der Waals surface area contributed by atoms with Crippen molar-refractivity contribution in [3.63, 3.8) is 0 Å². The van der Waals surface area contributed by atoms with Crippen LogP contribution in [0.4, 0.5) is 0 Å². The lowest BCUT2D eigenvalue weighted by molar-refractivity contribution is -0.175. The summed E-state index contributed by atoms with van der Waals surface area (Å²) in [6.45, 7) is 5.04. The fraction of sp³-hybridized carbons (Fsp3) is 1.00. The first-order valence-corrected chi connectivity index (χ1v) is 4.49. The predicted molar refractivity (Wildman–Crippen MR) is 46.8 cm³/mol. The molecule has 0 saturated carbocycles. The average Bonchev–Trinajstić information content (AvgIpc) is 2.16. The summed E-state index contributed by atoms with van der Waals surface area (Å²) in [5.74, 6) is 0. The van der Waals surface area contributed by atoms with Crippen molar-refractivity contribution in [2.24, 2.45) is 5.73 Å². The molecule has 1 saturated heterocycles. The summed E-state index contributed by atoms with van der Waals surface area (Å²) in [5.41, 5.74) is 5.44. The highest BCUT2D eigenvalue weighted by Gasteiger charge is 2.13. The van der Waals surface area contributed by atoms with E-state index in [-0.39, 0.29) is 6.29 Å². The van der Waals surface area contributed by atoms with Crippen molar-refractivity contribution in [3.8, 4) is 0 Å². The molecule has 0 aromatic rings. The van der Waals surface area contributed by atoms with Crippen LogP contribution in [0.3, 0.4) is 0 Å². The Morgan fingerprint density at radius 3 is 2.75 bits per heavy atom. The fourth-order valence-electron chi connectivity index (χ4n) is 1.04. The van der Waals surface area contributed by atoms with E-state index in [4.69, 9.17) is 15.2 Å². The Labute approximate surface area is 73.4 Å². The van der Waals surface area contributed by atoms with Gasteiger partial charge in [-0.2, -0.15) is 0 Å². The molecule has 0 unspecified atom stereocenters. The van der Waals surface area contributed by atoms with Gasteiger partial charge in [-0.1, -0.05) is 0 Å². The molecule has 1 heterocycles. The number of hydrogen-bond acceptors (Lipinski definition) is 4. The van der Waals surface area contributed by atoms with E-state index in [2.05, 4.69) is 5.32 Å². The lowest BCUT2D eigenvalue weighted by Gasteiger charge is -2.24. The van der Waals surface area contributed by atoms with Gasteiger partial charge in [-0.3, -0.25) is 0 Å². The number of ether oxygens (including phenoxy) is 2. The van der Waals surface area contributed by atoms with Crippen molar-refractivity contribution < 1.29 is 9.47 Å². The summed E-state index contributed by atoms with van der Waals surface area (Å²) >= 11 is 0. The Bertz CT molecular complexity index is 116. The largest absolute Gasteiger partial charge is 0.351 e. The Morgan fingerprint density at radius 1 is 1.50 bits per heavy atom. The van der Waals surface area contributed by atoms with E-state index in [1.54, 1.807) is 0 Å². The number of nitrogens with one attached hydrogen (secondary N) is 1. The number of nitrogens with two attached hydrogens (primary N) is 1. The quantitative estimate of drug-likeness (QED) is 0.613. The second-order valence-electron chi connectivity index (χ2n) is 3.07. The van der Waals surface area contributed by atoms with Gasteiger partial charge in [0, 0.05) is 19.1 Å². The standard InChI is InChI=1S/C8H18N2O2/c1-7(5-9)10-6-8-11-3-2-4-12-8/h7-8,10H,2-6,9H2,1H3/t7-/m0/s1. The highest BCUT2D eigenvalue weighted by molar-refractivity contribution is 4.63. The molecule has 1 fully saturated rings. The highest BCUT2D eigenvalue weighted by Crippen LogP contribution is 2.03. The van der Waals surface area contributed by atoms with Crippen molar-refractivity contribution in [2.45, 2.75) is 25.7 Å².